The summed E-state index contributed by atoms with van der Waals surface area (Å²) in [6.45, 7) is 0. The molecule has 106 valence electrons. The maximum atomic E-state index is 12.1. The lowest BCUT2D eigenvalue weighted by molar-refractivity contribution is -0.147. The van der Waals surface area contributed by atoms with Gasteiger partial charge in [0.1, 0.15) is 0 Å². The summed E-state index contributed by atoms with van der Waals surface area (Å²) in [7, 11) is -3.05. The van der Waals surface area contributed by atoms with Gasteiger partial charge in [-0.2, -0.15) is 0 Å². The molecule has 1 aliphatic heterocycles. The minimum absolute atomic E-state index is 0.0426. The molecule has 1 heterocycles. The predicted octanol–water partition coefficient (Wildman–Crippen LogP) is -0.0433. The fraction of sp³-hybridized carbons (Fsp3) is 0.667. The minimum Gasteiger partial charge on any atom is -0.481 e. The number of carboxylic acids is 1. The maximum Gasteiger partial charge on any atom is 0.307 e. The molecular weight excluding hydrogens is 270 g/mol. The van der Waals surface area contributed by atoms with Crippen molar-refractivity contribution < 1.29 is 23.1 Å². The third-order valence-corrected chi connectivity index (χ3v) is 5.43. The number of nitrogens with one attached hydrogen (secondary N) is 1. The Morgan fingerprint density at radius 3 is 2.32 bits per heavy atom. The first-order chi connectivity index (χ1) is 8.89. The van der Waals surface area contributed by atoms with Gasteiger partial charge in [-0.05, 0) is 19.3 Å². The van der Waals surface area contributed by atoms with Crippen molar-refractivity contribution in [2.45, 2.75) is 25.3 Å². The summed E-state index contributed by atoms with van der Waals surface area (Å²) in [4.78, 5) is 23.2. The van der Waals surface area contributed by atoms with Crippen molar-refractivity contribution in [3.05, 3.63) is 12.2 Å². The number of aliphatic carboxylic acids is 1. The highest BCUT2D eigenvalue weighted by Crippen LogP contribution is 2.26. The maximum absolute atomic E-state index is 12.1. The molecule has 0 aromatic heterocycles. The normalized spacial score (nSPS) is 32.9. The molecule has 2 N–H and O–H groups in total. The second-order valence-corrected chi connectivity index (χ2v) is 7.33. The second kappa shape index (κ2) is 5.32. The smallest absolute Gasteiger partial charge is 0.307 e. The third-order valence-electron chi connectivity index (χ3n) is 3.67. The van der Waals surface area contributed by atoms with Gasteiger partial charge in [0, 0.05) is 6.04 Å². The predicted molar refractivity (Wildman–Crippen MR) is 68.2 cm³/mol. The van der Waals surface area contributed by atoms with Gasteiger partial charge in [-0.15, -0.1) is 0 Å². The Labute approximate surface area is 111 Å². The summed E-state index contributed by atoms with van der Waals surface area (Å²) in [6.07, 6.45) is 4.71. The molecule has 1 amide bonds. The first kappa shape index (κ1) is 14.0. The molecule has 0 bridgehead atoms. The Bertz CT molecular complexity index is 510. The van der Waals surface area contributed by atoms with E-state index in [0.29, 0.717) is 19.3 Å². The fourth-order valence-electron chi connectivity index (χ4n) is 2.59. The summed E-state index contributed by atoms with van der Waals surface area (Å²) in [5.74, 6) is -2.61. The summed E-state index contributed by atoms with van der Waals surface area (Å²) in [6, 6.07) is -0.377. The van der Waals surface area contributed by atoms with E-state index in [2.05, 4.69) is 5.32 Å². The first-order valence-corrected chi connectivity index (χ1v) is 8.10. The van der Waals surface area contributed by atoms with E-state index in [9.17, 15) is 18.0 Å². The van der Waals surface area contributed by atoms with Crippen LogP contribution in [0.25, 0.3) is 0 Å². The van der Waals surface area contributed by atoms with Crippen LogP contribution in [0.1, 0.15) is 19.3 Å². The van der Waals surface area contributed by atoms with Crippen molar-refractivity contribution >= 4 is 21.7 Å². The van der Waals surface area contributed by atoms with E-state index < -0.39 is 27.6 Å². The number of carboxylic acid groups (broad SMARTS) is 1. The van der Waals surface area contributed by atoms with Crippen LogP contribution in [0.5, 0.6) is 0 Å². The molecule has 1 aliphatic carbocycles. The zero-order valence-electron chi connectivity index (χ0n) is 10.4. The zero-order valence-corrected chi connectivity index (χ0v) is 11.2. The largest absolute Gasteiger partial charge is 0.481 e. The van der Waals surface area contributed by atoms with Gasteiger partial charge in [-0.3, -0.25) is 9.59 Å². The van der Waals surface area contributed by atoms with E-state index in [1.807, 2.05) is 0 Å². The van der Waals surface area contributed by atoms with Crippen LogP contribution in [0, 0.1) is 11.8 Å². The van der Waals surface area contributed by atoms with Gasteiger partial charge in [0.15, 0.2) is 9.84 Å². The minimum atomic E-state index is -3.05. The molecule has 19 heavy (non-hydrogen) atoms. The van der Waals surface area contributed by atoms with Crippen LogP contribution in [0.4, 0.5) is 0 Å². The number of rotatable bonds is 3. The molecule has 3 atom stereocenters. The van der Waals surface area contributed by atoms with Crippen LogP contribution in [0.3, 0.4) is 0 Å². The number of allylic oxidation sites excluding steroid dienone is 2. The molecule has 0 aromatic carbocycles. The van der Waals surface area contributed by atoms with E-state index in [4.69, 9.17) is 5.11 Å². The second-order valence-electron chi connectivity index (χ2n) is 5.10. The Kier molecular flexibility index (Phi) is 3.93. The molecule has 2 aliphatic rings. The topological polar surface area (TPSA) is 101 Å². The van der Waals surface area contributed by atoms with Crippen molar-refractivity contribution in [3.63, 3.8) is 0 Å². The van der Waals surface area contributed by atoms with E-state index in [1.54, 1.807) is 12.2 Å². The van der Waals surface area contributed by atoms with Crippen molar-refractivity contribution in [1.29, 1.82) is 0 Å². The molecule has 1 fully saturated rings. The Morgan fingerprint density at radius 1 is 1.16 bits per heavy atom. The van der Waals surface area contributed by atoms with E-state index in [1.165, 1.54) is 0 Å². The molecule has 2 rings (SSSR count). The number of hydrogen-bond acceptors (Lipinski definition) is 4. The summed E-state index contributed by atoms with van der Waals surface area (Å²) in [5, 5.41) is 11.8. The van der Waals surface area contributed by atoms with E-state index >= 15 is 0 Å². The number of amides is 1. The van der Waals surface area contributed by atoms with Crippen molar-refractivity contribution in [2.24, 2.45) is 11.8 Å². The standard InChI is InChI=1S/C12H17NO5S/c14-11(13-8-5-6-19(17,18)7-8)9-3-1-2-4-10(9)12(15)16/h1-2,8-10H,3-7H2,(H,13,14)(H,15,16)/t8-,9+,10+/m0/s1. The Morgan fingerprint density at radius 2 is 1.79 bits per heavy atom. The lowest BCUT2D eigenvalue weighted by Gasteiger charge is -2.25. The van der Waals surface area contributed by atoms with Gasteiger partial charge >= 0.3 is 5.97 Å². The van der Waals surface area contributed by atoms with Gasteiger partial charge in [-0.1, -0.05) is 12.2 Å². The van der Waals surface area contributed by atoms with Crippen molar-refractivity contribution in [2.75, 3.05) is 11.5 Å². The average Bonchev–Trinajstić information content (AvgIpc) is 2.68. The monoisotopic (exact) mass is 287 g/mol. The van der Waals surface area contributed by atoms with Crippen LogP contribution < -0.4 is 5.32 Å². The average molecular weight is 287 g/mol. The van der Waals surface area contributed by atoms with Crippen LogP contribution in [0.15, 0.2) is 12.2 Å². The Hall–Kier alpha value is -1.37. The Balaban J connectivity index is 1.99. The molecule has 0 spiro atoms. The molecule has 1 saturated heterocycles. The number of sulfone groups is 1. The van der Waals surface area contributed by atoms with Crippen LogP contribution in [0.2, 0.25) is 0 Å². The molecular formula is C12H17NO5S. The fourth-order valence-corrected chi connectivity index (χ4v) is 4.27. The van der Waals surface area contributed by atoms with Gasteiger partial charge < -0.3 is 10.4 Å². The van der Waals surface area contributed by atoms with E-state index in [-0.39, 0.29) is 23.5 Å². The van der Waals surface area contributed by atoms with Crippen molar-refractivity contribution in [1.82, 2.24) is 5.32 Å². The van der Waals surface area contributed by atoms with Gasteiger partial charge in [0.25, 0.3) is 0 Å². The SMILES string of the molecule is O=C(O)[C@@H]1CC=CC[C@H]1C(=O)N[C@H]1CCS(=O)(=O)C1. The van der Waals surface area contributed by atoms with Crippen LogP contribution in [-0.2, 0) is 19.4 Å². The summed E-state index contributed by atoms with van der Waals surface area (Å²) in [5.41, 5.74) is 0. The first-order valence-electron chi connectivity index (χ1n) is 6.27. The summed E-state index contributed by atoms with van der Waals surface area (Å²) < 4.78 is 22.6. The molecule has 0 saturated carbocycles. The van der Waals surface area contributed by atoms with E-state index in [0.717, 1.165) is 0 Å². The number of carbonyl (C=O) groups excluding carboxylic acids is 1. The van der Waals surface area contributed by atoms with Crippen LogP contribution >= 0.6 is 0 Å². The molecule has 0 aromatic rings. The number of carbonyl (C=O) groups is 2. The molecule has 0 unspecified atom stereocenters. The third kappa shape index (κ3) is 3.34. The molecule has 7 heteroatoms. The summed E-state index contributed by atoms with van der Waals surface area (Å²) >= 11 is 0. The number of hydrogen-bond donors (Lipinski definition) is 2. The van der Waals surface area contributed by atoms with Gasteiger partial charge in [-0.25, -0.2) is 8.42 Å². The lowest BCUT2D eigenvalue weighted by Crippen LogP contribution is -2.43. The highest BCUT2D eigenvalue weighted by molar-refractivity contribution is 7.91. The zero-order chi connectivity index (χ0) is 14.0. The highest BCUT2D eigenvalue weighted by Gasteiger charge is 2.36. The quantitative estimate of drug-likeness (QED) is 0.709. The lowest BCUT2D eigenvalue weighted by atomic mass is 9.82. The van der Waals surface area contributed by atoms with Crippen LogP contribution in [-0.4, -0.2) is 42.9 Å². The molecule has 6 nitrogen and oxygen atoms in total. The van der Waals surface area contributed by atoms with Gasteiger partial charge in [0.05, 0.1) is 23.3 Å². The highest BCUT2D eigenvalue weighted by atomic mass is 32.2. The van der Waals surface area contributed by atoms with Crippen molar-refractivity contribution in [3.8, 4) is 0 Å². The van der Waals surface area contributed by atoms with Gasteiger partial charge in [0.2, 0.25) is 5.91 Å². The molecule has 0 radical (unpaired) electrons.